The third-order valence-electron chi connectivity index (χ3n) is 3.70. The van der Waals surface area contributed by atoms with Crippen molar-refractivity contribution < 1.29 is 9.53 Å². The number of carbonyl (C=O) groups is 1. The van der Waals surface area contributed by atoms with Gasteiger partial charge < -0.3 is 15.4 Å². The highest BCUT2D eigenvalue weighted by Crippen LogP contribution is 2.28. The summed E-state index contributed by atoms with van der Waals surface area (Å²) in [5.74, 6) is 1.55. The Bertz CT molecular complexity index is 943. The van der Waals surface area contributed by atoms with E-state index in [-0.39, 0.29) is 5.78 Å². The molecule has 3 aromatic rings. The molecule has 0 amide bonds. The second kappa shape index (κ2) is 7.60. The van der Waals surface area contributed by atoms with E-state index in [0.717, 1.165) is 11.3 Å². The van der Waals surface area contributed by atoms with E-state index in [1.807, 2.05) is 31.2 Å². The first-order valence-electron chi connectivity index (χ1n) is 8.04. The minimum Gasteiger partial charge on any atom is -0.495 e. The van der Waals surface area contributed by atoms with Crippen LogP contribution in [0.2, 0.25) is 0 Å². The topological polar surface area (TPSA) is 89.0 Å². The van der Waals surface area contributed by atoms with Gasteiger partial charge in [-0.05, 0) is 43.7 Å². The predicted octanol–water partition coefficient (Wildman–Crippen LogP) is 3.88. The summed E-state index contributed by atoms with van der Waals surface area (Å²) >= 11 is 0. The first kappa shape index (κ1) is 17.3. The monoisotopic (exact) mass is 349 g/mol. The molecule has 0 unspecified atom stereocenters. The lowest BCUT2D eigenvalue weighted by Gasteiger charge is -2.12. The molecule has 7 nitrogen and oxygen atoms in total. The molecule has 2 N–H and O–H groups in total. The van der Waals surface area contributed by atoms with Gasteiger partial charge in [-0.2, -0.15) is 10.1 Å². The van der Waals surface area contributed by atoms with Gasteiger partial charge >= 0.3 is 0 Å². The smallest absolute Gasteiger partial charge is 0.249 e. The van der Waals surface area contributed by atoms with Gasteiger partial charge in [0.15, 0.2) is 11.6 Å². The average Bonchev–Trinajstić information content (AvgIpc) is 2.62. The van der Waals surface area contributed by atoms with Crippen LogP contribution < -0.4 is 15.4 Å². The van der Waals surface area contributed by atoms with Crippen LogP contribution in [0.25, 0.3) is 0 Å². The first-order valence-corrected chi connectivity index (χ1v) is 8.04. The molecule has 1 heterocycles. The van der Waals surface area contributed by atoms with Crippen LogP contribution in [0.5, 0.6) is 5.75 Å². The molecule has 7 heteroatoms. The molecular weight excluding hydrogens is 330 g/mol. The normalized spacial score (nSPS) is 10.3. The molecule has 0 saturated carbocycles. The van der Waals surface area contributed by atoms with Gasteiger partial charge in [0.25, 0.3) is 0 Å². The molecule has 0 bridgehead atoms. The number of nitrogens with zero attached hydrogens (tertiary/aromatic N) is 3. The van der Waals surface area contributed by atoms with Gasteiger partial charge in [-0.1, -0.05) is 18.2 Å². The van der Waals surface area contributed by atoms with E-state index < -0.39 is 0 Å². The quantitative estimate of drug-likeness (QED) is 0.653. The predicted molar refractivity (Wildman–Crippen MR) is 101 cm³/mol. The average molecular weight is 349 g/mol. The number of rotatable bonds is 6. The van der Waals surface area contributed by atoms with Crippen LogP contribution in [0, 0.1) is 6.92 Å². The molecule has 0 radical (unpaired) electrons. The van der Waals surface area contributed by atoms with Crippen molar-refractivity contribution in [2.24, 2.45) is 0 Å². The second-order valence-corrected chi connectivity index (χ2v) is 5.76. The van der Waals surface area contributed by atoms with Gasteiger partial charge in [-0.15, -0.1) is 5.10 Å². The molecular formula is C19H19N5O2. The lowest BCUT2D eigenvalue weighted by Crippen LogP contribution is -2.04. The molecule has 0 atom stereocenters. The fraction of sp³-hybridized carbons (Fsp3) is 0.158. The fourth-order valence-corrected chi connectivity index (χ4v) is 2.42. The number of carbonyl (C=O) groups excluding carboxylic acids is 1. The zero-order valence-electron chi connectivity index (χ0n) is 14.8. The van der Waals surface area contributed by atoms with Crippen molar-refractivity contribution in [3.05, 3.63) is 59.8 Å². The number of Topliss-reactive ketones (excluding diaryl/α,β-unsaturated/α-hetero) is 1. The van der Waals surface area contributed by atoms with Gasteiger partial charge in [0, 0.05) is 11.3 Å². The summed E-state index contributed by atoms with van der Waals surface area (Å²) in [5, 5.41) is 14.2. The van der Waals surface area contributed by atoms with E-state index >= 15 is 0 Å². The third-order valence-corrected chi connectivity index (χ3v) is 3.70. The van der Waals surface area contributed by atoms with Crippen molar-refractivity contribution in [1.82, 2.24) is 15.2 Å². The van der Waals surface area contributed by atoms with Crippen molar-refractivity contribution >= 4 is 28.9 Å². The Morgan fingerprint density at radius 1 is 1.12 bits per heavy atom. The van der Waals surface area contributed by atoms with Gasteiger partial charge in [0.05, 0.1) is 19.0 Å². The number of nitrogens with one attached hydrogen (secondary N) is 2. The summed E-state index contributed by atoms with van der Waals surface area (Å²) in [4.78, 5) is 15.9. The zero-order chi connectivity index (χ0) is 18.5. The zero-order valence-corrected chi connectivity index (χ0v) is 14.8. The number of anilines is 4. The molecule has 0 aliphatic heterocycles. The number of hydrogen-bond donors (Lipinski definition) is 2. The molecule has 0 aliphatic carbocycles. The van der Waals surface area contributed by atoms with E-state index in [1.54, 1.807) is 25.3 Å². The Morgan fingerprint density at radius 3 is 2.73 bits per heavy atom. The van der Waals surface area contributed by atoms with E-state index in [1.165, 1.54) is 13.1 Å². The Morgan fingerprint density at radius 2 is 1.96 bits per heavy atom. The molecule has 0 spiro atoms. The van der Waals surface area contributed by atoms with Gasteiger partial charge in [-0.3, -0.25) is 4.79 Å². The highest BCUT2D eigenvalue weighted by atomic mass is 16.5. The van der Waals surface area contributed by atoms with Crippen LogP contribution in [0.3, 0.4) is 0 Å². The van der Waals surface area contributed by atoms with E-state index in [9.17, 15) is 4.79 Å². The Labute approximate surface area is 151 Å². The summed E-state index contributed by atoms with van der Waals surface area (Å²) in [5.41, 5.74) is 3.21. The van der Waals surface area contributed by atoms with Crippen molar-refractivity contribution in [3.63, 3.8) is 0 Å². The number of ether oxygens (including phenoxy) is 1. The first-order chi connectivity index (χ1) is 12.5. The lowest BCUT2D eigenvalue weighted by molar-refractivity contribution is 0.101. The number of aryl methyl sites for hydroxylation is 1. The largest absolute Gasteiger partial charge is 0.495 e. The summed E-state index contributed by atoms with van der Waals surface area (Å²) < 4.78 is 5.36. The van der Waals surface area contributed by atoms with Crippen LogP contribution in [-0.2, 0) is 0 Å². The second-order valence-electron chi connectivity index (χ2n) is 5.76. The van der Waals surface area contributed by atoms with Crippen LogP contribution in [-0.4, -0.2) is 28.1 Å². The molecule has 26 heavy (non-hydrogen) atoms. The van der Waals surface area contributed by atoms with Crippen LogP contribution >= 0.6 is 0 Å². The van der Waals surface area contributed by atoms with Crippen molar-refractivity contribution in [2.75, 3.05) is 17.7 Å². The number of benzene rings is 2. The highest BCUT2D eigenvalue weighted by molar-refractivity contribution is 5.95. The number of methoxy groups -OCH3 is 1. The maximum Gasteiger partial charge on any atom is 0.249 e. The number of hydrogen-bond acceptors (Lipinski definition) is 7. The lowest BCUT2D eigenvalue weighted by atomic mass is 10.1. The summed E-state index contributed by atoms with van der Waals surface area (Å²) in [6, 6.07) is 13.0. The minimum absolute atomic E-state index is 0.00495. The van der Waals surface area contributed by atoms with Gasteiger partial charge in [0.1, 0.15) is 5.75 Å². The Balaban J connectivity index is 1.82. The van der Waals surface area contributed by atoms with E-state index in [2.05, 4.69) is 25.8 Å². The highest BCUT2D eigenvalue weighted by Gasteiger charge is 2.07. The molecule has 132 valence electrons. The van der Waals surface area contributed by atoms with Crippen LogP contribution in [0.4, 0.5) is 23.1 Å². The molecule has 0 aliphatic rings. The molecule has 0 saturated heterocycles. The number of aromatic nitrogens is 3. The van der Waals surface area contributed by atoms with Crippen molar-refractivity contribution in [3.8, 4) is 5.75 Å². The van der Waals surface area contributed by atoms with Crippen molar-refractivity contribution in [2.45, 2.75) is 13.8 Å². The van der Waals surface area contributed by atoms with Crippen LogP contribution in [0.15, 0.2) is 48.7 Å². The fourth-order valence-electron chi connectivity index (χ4n) is 2.42. The SMILES string of the molecule is COc1ccc(C)cc1Nc1cnnc(Nc2cccc(C(C)=O)c2)n1. The van der Waals surface area contributed by atoms with E-state index in [0.29, 0.717) is 28.8 Å². The molecule has 3 rings (SSSR count). The van der Waals surface area contributed by atoms with Crippen molar-refractivity contribution in [1.29, 1.82) is 0 Å². The maximum absolute atomic E-state index is 11.5. The summed E-state index contributed by atoms with van der Waals surface area (Å²) in [6.07, 6.45) is 1.53. The van der Waals surface area contributed by atoms with E-state index in [4.69, 9.17) is 4.74 Å². The maximum atomic E-state index is 11.5. The summed E-state index contributed by atoms with van der Waals surface area (Å²) in [6.45, 7) is 3.52. The Kier molecular flexibility index (Phi) is 5.07. The number of ketones is 1. The summed E-state index contributed by atoms with van der Waals surface area (Å²) in [7, 11) is 1.61. The van der Waals surface area contributed by atoms with Gasteiger partial charge in [-0.25, -0.2) is 0 Å². The van der Waals surface area contributed by atoms with Crippen LogP contribution in [0.1, 0.15) is 22.8 Å². The standard InChI is InChI=1S/C19H19N5O2/c1-12-7-8-17(26-3)16(9-12)22-18-11-20-24-19(23-18)21-15-6-4-5-14(10-15)13(2)25/h4-11H,1-3H3,(H2,21,22,23,24). The molecule has 0 fully saturated rings. The Hall–Kier alpha value is -3.48. The van der Waals surface area contributed by atoms with Gasteiger partial charge in [0.2, 0.25) is 5.95 Å². The molecule has 2 aromatic carbocycles. The minimum atomic E-state index is -0.00495. The molecule has 1 aromatic heterocycles. The third kappa shape index (κ3) is 4.13.